The van der Waals surface area contributed by atoms with Gasteiger partial charge < -0.3 is 5.73 Å². The minimum absolute atomic E-state index is 0.0795. The molecule has 0 aliphatic rings. The monoisotopic (exact) mass is 244 g/mol. The summed E-state index contributed by atoms with van der Waals surface area (Å²) in [7, 11) is 0. The highest BCUT2D eigenvalue weighted by molar-refractivity contribution is 6.32. The zero-order valence-electron chi connectivity index (χ0n) is 6.65. The van der Waals surface area contributed by atoms with Crippen molar-refractivity contribution in [2.45, 2.75) is 12.2 Å². The Kier molecular flexibility index (Phi) is 3.24. The van der Waals surface area contributed by atoms with Gasteiger partial charge in [-0.15, -0.1) is 0 Å². The lowest BCUT2D eigenvalue weighted by Crippen LogP contribution is -2.28. The van der Waals surface area contributed by atoms with Crippen LogP contribution in [0.1, 0.15) is 11.6 Å². The Balaban J connectivity index is 3.12. The summed E-state index contributed by atoms with van der Waals surface area (Å²) >= 11 is 10.9. The summed E-state index contributed by atoms with van der Waals surface area (Å²) in [6.07, 6.45) is -3.51. The number of rotatable bonds is 1. The molecule has 0 radical (unpaired) electrons. The number of nitrogens with two attached hydrogens (primary N) is 1. The van der Waals surface area contributed by atoms with Crippen LogP contribution in [0, 0.1) is 0 Å². The van der Waals surface area contributed by atoms with Gasteiger partial charge in [-0.3, -0.25) is 0 Å². The normalized spacial score (nSPS) is 14.1. The molecule has 1 aromatic rings. The maximum atomic E-state index is 12.2. The van der Waals surface area contributed by atoms with E-state index in [4.69, 9.17) is 28.9 Å². The highest BCUT2D eigenvalue weighted by atomic mass is 35.5. The Hall–Kier alpha value is -0.520. The largest absolute Gasteiger partial charge is 0.407 e. The van der Waals surface area contributed by atoms with Crippen LogP contribution in [-0.4, -0.2) is 11.2 Å². The Bertz CT molecular complexity index is 340. The van der Waals surface area contributed by atoms with E-state index in [-0.39, 0.29) is 15.7 Å². The molecule has 0 aliphatic heterocycles. The van der Waals surface area contributed by atoms with Crippen LogP contribution in [0.3, 0.4) is 0 Å². The third-order valence-electron chi connectivity index (χ3n) is 1.54. The van der Waals surface area contributed by atoms with Crippen molar-refractivity contribution in [3.63, 3.8) is 0 Å². The van der Waals surface area contributed by atoms with Crippen LogP contribution in [0.4, 0.5) is 13.2 Å². The lowest BCUT2D eigenvalue weighted by Gasteiger charge is -2.16. The molecule has 1 heterocycles. The van der Waals surface area contributed by atoms with Crippen molar-refractivity contribution < 1.29 is 13.2 Å². The summed E-state index contributed by atoms with van der Waals surface area (Å²) in [6.45, 7) is 0. The molecule has 1 unspecified atom stereocenters. The molecule has 0 fully saturated rings. The summed E-state index contributed by atoms with van der Waals surface area (Å²) in [5.74, 6) is 0. The van der Waals surface area contributed by atoms with E-state index < -0.39 is 12.2 Å². The Morgan fingerprint density at radius 1 is 1.36 bits per heavy atom. The van der Waals surface area contributed by atoms with Gasteiger partial charge in [0.1, 0.15) is 11.2 Å². The Labute approximate surface area is 87.8 Å². The van der Waals surface area contributed by atoms with Gasteiger partial charge in [0.2, 0.25) is 0 Å². The third kappa shape index (κ3) is 2.50. The molecule has 1 rings (SSSR count). The minimum Gasteiger partial charge on any atom is -0.316 e. The number of nitrogens with zero attached hydrogens (tertiary/aromatic N) is 1. The molecule has 0 aliphatic carbocycles. The van der Waals surface area contributed by atoms with E-state index in [1.165, 1.54) is 0 Å². The molecule has 0 saturated carbocycles. The average Bonchev–Trinajstić information content (AvgIpc) is 2.06. The van der Waals surface area contributed by atoms with E-state index in [1.807, 2.05) is 0 Å². The number of alkyl halides is 3. The van der Waals surface area contributed by atoms with Crippen molar-refractivity contribution in [2.24, 2.45) is 5.73 Å². The van der Waals surface area contributed by atoms with Gasteiger partial charge in [-0.1, -0.05) is 23.2 Å². The van der Waals surface area contributed by atoms with Crippen molar-refractivity contribution in [3.05, 3.63) is 28.0 Å². The third-order valence-corrected chi connectivity index (χ3v) is 2.06. The summed E-state index contributed by atoms with van der Waals surface area (Å²) in [4.78, 5) is 3.51. The molecule has 0 saturated heterocycles. The fourth-order valence-corrected chi connectivity index (χ4v) is 1.23. The molecule has 0 amide bonds. The quantitative estimate of drug-likeness (QED) is 0.772. The lowest BCUT2D eigenvalue weighted by molar-refractivity contribution is -0.149. The van der Waals surface area contributed by atoms with E-state index in [0.29, 0.717) is 0 Å². The second-order valence-corrected chi connectivity index (χ2v) is 3.34. The fourth-order valence-electron chi connectivity index (χ4n) is 0.842. The van der Waals surface area contributed by atoms with Gasteiger partial charge in [0.15, 0.2) is 0 Å². The highest BCUT2D eigenvalue weighted by Gasteiger charge is 2.39. The highest BCUT2D eigenvalue weighted by Crippen LogP contribution is 2.34. The Morgan fingerprint density at radius 2 is 1.93 bits per heavy atom. The van der Waals surface area contributed by atoms with Gasteiger partial charge >= 0.3 is 6.18 Å². The predicted octanol–water partition coefficient (Wildman–Crippen LogP) is 2.95. The van der Waals surface area contributed by atoms with Crippen LogP contribution in [0.2, 0.25) is 10.2 Å². The molecule has 14 heavy (non-hydrogen) atoms. The number of hydrogen-bond donors (Lipinski definition) is 1. The smallest absolute Gasteiger partial charge is 0.316 e. The summed E-state index contributed by atoms with van der Waals surface area (Å²) in [6, 6.07) is -1.14. The van der Waals surface area contributed by atoms with Gasteiger partial charge in [-0.25, -0.2) is 4.98 Å². The maximum Gasteiger partial charge on any atom is 0.407 e. The molecule has 1 atom stereocenters. The second-order valence-electron chi connectivity index (χ2n) is 2.55. The lowest BCUT2D eigenvalue weighted by atomic mass is 10.1. The molecule has 1 aromatic heterocycles. The van der Waals surface area contributed by atoms with Crippen LogP contribution in [0.15, 0.2) is 12.3 Å². The summed E-state index contributed by atoms with van der Waals surface area (Å²) in [5.41, 5.74) is 4.67. The summed E-state index contributed by atoms with van der Waals surface area (Å²) in [5, 5.41) is -0.233. The Morgan fingerprint density at radius 3 is 2.43 bits per heavy atom. The van der Waals surface area contributed by atoms with Gasteiger partial charge in [-0.05, 0) is 6.07 Å². The number of hydrogen-bond acceptors (Lipinski definition) is 2. The summed E-state index contributed by atoms with van der Waals surface area (Å²) < 4.78 is 36.6. The second kappa shape index (κ2) is 3.92. The zero-order valence-corrected chi connectivity index (χ0v) is 8.16. The van der Waals surface area contributed by atoms with Crippen molar-refractivity contribution in [1.29, 1.82) is 0 Å². The number of pyridine rings is 1. The number of halogens is 5. The first-order valence-corrected chi connectivity index (χ1v) is 4.21. The van der Waals surface area contributed by atoms with E-state index in [0.717, 1.165) is 12.3 Å². The van der Waals surface area contributed by atoms with Gasteiger partial charge in [-0.2, -0.15) is 13.2 Å². The zero-order chi connectivity index (χ0) is 10.9. The standard InChI is InChI=1S/C7H5Cl2F3N2/c8-4-2-14-5(9)1-3(4)6(13)7(10,11)12/h1-2,6H,13H2. The van der Waals surface area contributed by atoms with Crippen molar-refractivity contribution in [2.75, 3.05) is 0 Å². The van der Waals surface area contributed by atoms with E-state index >= 15 is 0 Å². The van der Waals surface area contributed by atoms with Crippen LogP contribution in [-0.2, 0) is 0 Å². The van der Waals surface area contributed by atoms with E-state index in [9.17, 15) is 13.2 Å². The van der Waals surface area contributed by atoms with Crippen molar-refractivity contribution in [3.8, 4) is 0 Å². The molecule has 2 nitrogen and oxygen atoms in total. The minimum atomic E-state index is -4.55. The first-order chi connectivity index (χ1) is 6.32. The van der Waals surface area contributed by atoms with Crippen LogP contribution in [0.25, 0.3) is 0 Å². The van der Waals surface area contributed by atoms with E-state index in [1.54, 1.807) is 0 Å². The van der Waals surface area contributed by atoms with Gasteiger partial charge in [0.25, 0.3) is 0 Å². The SMILES string of the molecule is NC(c1cc(Cl)ncc1Cl)C(F)(F)F. The molecule has 0 spiro atoms. The molecule has 2 N–H and O–H groups in total. The molecule has 7 heteroatoms. The van der Waals surface area contributed by atoms with Gasteiger partial charge in [0, 0.05) is 11.8 Å². The first kappa shape index (κ1) is 11.6. The number of aromatic nitrogens is 1. The predicted molar refractivity (Wildman–Crippen MR) is 47.2 cm³/mol. The van der Waals surface area contributed by atoms with Crippen molar-refractivity contribution in [1.82, 2.24) is 4.98 Å². The topological polar surface area (TPSA) is 38.9 Å². The molecule has 0 bridgehead atoms. The van der Waals surface area contributed by atoms with Crippen LogP contribution >= 0.6 is 23.2 Å². The molecular weight excluding hydrogens is 240 g/mol. The molecular formula is C7H5Cl2F3N2. The average molecular weight is 245 g/mol. The fraction of sp³-hybridized carbons (Fsp3) is 0.286. The maximum absolute atomic E-state index is 12.2. The van der Waals surface area contributed by atoms with Crippen LogP contribution < -0.4 is 5.73 Å². The van der Waals surface area contributed by atoms with Gasteiger partial charge in [0.05, 0.1) is 5.02 Å². The first-order valence-electron chi connectivity index (χ1n) is 3.45. The van der Waals surface area contributed by atoms with Crippen LogP contribution in [0.5, 0.6) is 0 Å². The molecule has 78 valence electrons. The van der Waals surface area contributed by atoms with E-state index in [2.05, 4.69) is 4.98 Å². The molecule has 0 aromatic carbocycles. The van der Waals surface area contributed by atoms with Crippen molar-refractivity contribution >= 4 is 23.2 Å².